The third-order valence-corrected chi connectivity index (χ3v) is 5.12. The van der Waals surface area contributed by atoms with Crippen molar-refractivity contribution in [3.05, 3.63) is 100 Å². The molecule has 0 radical (unpaired) electrons. The van der Waals surface area contributed by atoms with Crippen molar-refractivity contribution in [1.82, 2.24) is 9.55 Å². The van der Waals surface area contributed by atoms with Gasteiger partial charge in [0.25, 0.3) is 0 Å². The molecular formula is C25H21FN4O3. The van der Waals surface area contributed by atoms with Gasteiger partial charge < -0.3 is 10.6 Å². The molecule has 1 aromatic heterocycles. The van der Waals surface area contributed by atoms with Crippen LogP contribution in [0.1, 0.15) is 22.8 Å². The van der Waals surface area contributed by atoms with E-state index in [1.165, 1.54) is 23.6 Å². The Bertz CT molecular complexity index is 1400. The van der Waals surface area contributed by atoms with Crippen molar-refractivity contribution in [1.29, 1.82) is 0 Å². The largest absolute Gasteiger partial charge is 0.365 e. The summed E-state index contributed by atoms with van der Waals surface area (Å²) in [6.07, 6.45) is 0. The van der Waals surface area contributed by atoms with Gasteiger partial charge in [-0.2, -0.15) is 4.98 Å². The second-order valence-electron chi connectivity index (χ2n) is 7.51. The van der Waals surface area contributed by atoms with E-state index in [4.69, 9.17) is 0 Å². The number of carbonyl (C=O) groups is 2. The molecule has 8 heteroatoms. The van der Waals surface area contributed by atoms with Gasteiger partial charge in [0.15, 0.2) is 5.78 Å². The maximum atomic E-state index is 13.1. The van der Waals surface area contributed by atoms with Gasteiger partial charge in [-0.1, -0.05) is 36.4 Å². The van der Waals surface area contributed by atoms with Gasteiger partial charge in [0.2, 0.25) is 5.91 Å². The zero-order valence-corrected chi connectivity index (χ0v) is 17.8. The summed E-state index contributed by atoms with van der Waals surface area (Å²) >= 11 is 0. The minimum Gasteiger partial charge on any atom is -0.365 e. The second-order valence-corrected chi connectivity index (χ2v) is 7.51. The lowest BCUT2D eigenvalue weighted by Gasteiger charge is -2.14. The third-order valence-electron chi connectivity index (χ3n) is 5.12. The number of hydrogen-bond acceptors (Lipinski definition) is 5. The molecule has 0 fully saturated rings. The smallest absolute Gasteiger partial charge is 0.350 e. The highest BCUT2D eigenvalue weighted by atomic mass is 19.1. The van der Waals surface area contributed by atoms with E-state index >= 15 is 0 Å². The molecule has 0 spiro atoms. The first-order chi connectivity index (χ1) is 15.9. The van der Waals surface area contributed by atoms with Gasteiger partial charge in [0.1, 0.15) is 18.2 Å². The lowest BCUT2D eigenvalue weighted by Crippen LogP contribution is -2.30. The predicted molar refractivity (Wildman–Crippen MR) is 125 cm³/mol. The maximum Gasteiger partial charge on any atom is 0.350 e. The molecule has 3 aromatic carbocycles. The van der Waals surface area contributed by atoms with Gasteiger partial charge in [0.05, 0.1) is 5.52 Å². The van der Waals surface area contributed by atoms with Crippen LogP contribution in [0.2, 0.25) is 0 Å². The van der Waals surface area contributed by atoms with E-state index in [0.29, 0.717) is 34.5 Å². The summed E-state index contributed by atoms with van der Waals surface area (Å²) in [5, 5.41) is 6.51. The monoisotopic (exact) mass is 444 g/mol. The molecular weight excluding hydrogens is 423 g/mol. The molecule has 7 nitrogen and oxygen atoms in total. The summed E-state index contributed by atoms with van der Waals surface area (Å²) in [6.45, 7) is 1.56. The second kappa shape index (κ2) is 9.44. The van der Waals surface area contributed by atoms with E-state index in [1.807, 2.05) is 6.07 Å². The molecule has 33 heavy (non-hydrogen) atoms. The van der Waals surface area contributed by atoms with Crippen LogP contribution in [0.5, 0.6) is 0 Å². The predicted octanol–water partition coefficient (Wildman–Crippen LogP) is 3.99. The quantitative estimate of drug-likeness (QED) is 0.421. The highest BCUT2D eigenvalue weighted by Gasteiger charge is 2.14. The standard InChI is InChI=1S/C25H21FN4O3/c1-16(31)18-5-4-6-20(13-18)28-23(32)15-30-22-8-3-2-7-21(22)24(29-25(30)33)27-14-17-9-11-19(26)12-10-17/h2-13H,14-15H2,1H3,(H,28,32)(H,27,29,33). The third kappa shape index (κ3) is 5.12. The highest BCUT2D eigenvalue weighted by molar-refractivity contribution is 5.97. The number of anilines is 2. The first-order valence-electron chi connectivity index (χ1n) is 10.3. The van der Waals surface area contributed by atoms with Crippen molar-refractivity contribution in [3.63, 3.8) is 0 Å². The summed E-state index contributed by atoms with van der Waals surface area (Å²) in [7, 11) is 0. The minimum absolute atomic E-state index is 0.110. The van der Waals surface area contributed by atoms with Gasteiger partial charge >= 0.3 is 5.69 Å². The fourth-order valence-electron chi connectivity index (χ4n) is 3.46. The van der Waals surface area contributed by atoms with Gasteiger partial charge in [0, 0.05) is 23.2 Å². The molecule has 0 bridgehead atoms. The average molecular weight is 444 g/mol. The lowest BCUT2D eigenvalue weighted by atomic mass is 10.1. The van der Waals surface area contributed by atoms with E-state index in [0.717, 1.165) is 5.56 Å². The van der Waals surface area contributed by atoms with Crippen LogP contribution in [0.25, 0.3) is 10.9 Å². The summed E-state index contributed by atoms with van der Waals surface area (Å²) in [5.41, 5.74) is 1.75. The summed E-state index contributed by atoms with van der Waals surface area (Å²) in [6, 6.07) is 19.8. The Kier molecular flexibility index (Phi) is 6.26. The fraction of sp³-hybridized carbons (Fsp3) is 0.120. The van der Waals surface area contributed by atoms with Crippen LogP contribution in [0.15, 0.2) is 77.6 Å². The minimum atomic E-state index is -0.581. The van der Waals surface area contributed by atoms with E-state index in [-0.39, 0.29) is 18.1 Å². The molecule has 0 aliphatic carbocycles. The summed E-state index contributed by atoms with van der Waals surface area (Å²) < 4.78 is 14.4. The molecule has 0 saturated carbocycles. The zero-order valence-electron chi connectivity index (χ0n) is 17.8. The van der Waals surface area contributed by atoms with Crippen molar-refractivity contribution in [3.8, 4) is 0 Å². The van der Waals surface area contributed by atoms with Gasteiger partial charge in [-0.3, -0.25) is 14.2 Å². The van der Waals surface area contributed by atoms with Crippen molar-refractivity contribution in [2.75, 3.05) is 10.6 Å². The van der Waals surface area contributed by atoms with Crippen molar-refractivity contribution < 1.29 is 14.0 Å². The van der Waals surface area contributed by atoms with Gasteiger partial charge in [-0.25, -0.2) is 9.18 Å². The SMILES string of the molecule is CC(=O)c1cccc(NC(=O)Cn2c(=O)nc(NCc3ccc(F)cc3)c3ccccc32)c1. The molecule has 0 aliphatic rings. The molecule has 4 rings (SSSR count). The van der Waals surface area contributed by atoms with Crippen molar-refractivity contribution in [2.45, 2.75) is 20.0 Å². The number of carbonyl (C=O) groups excluding carboxylic acids is 2. The average Bonchev–Trinajstić information content (AvgIpc) is 2.81. The number of para-hydroxylation sites is 1. The number of halogens is 1. The molecule has 0 unspecified atom stereocenters. The zero-order chi connectivity index (χ0) is 23.4. The highest BCUT2D eigenvalue weighted by Crippen LogP contribution is 2.20. The first-order valence-corrected chi connectivity index (χ1v) is 10.3. The van der Waals surface area contributed by atoms with Crippen LogP contribution in [0.4, 0.5) is 15.9 Å². The molecule has 0 atom stereocenters. The Morgan fingerprint density at radius 2 is 1.76 bits per heavy atom. The molecule has 0 aliphatic heterocycles. The Morgan fingerprint density at radius 3 is 2.52 bits per heavy atom. The summed E-state index contributed by atoms with van der Waals surface area (Å²) in [5.74, 6) is -0.472. The molecule has 4 aromatic rings. The number of rotatable bonds is 7. The van der Waals surface area contributed by atoms with Crippen LogP contribution in [-0.4, -0.2) is 21.2 Å². The number of hydrogen-bond donors (Lipinski definition) is 2. The van der Waals surface area contributed by atoms with Crippen LogP contribution in [0.3, 0.4) is 0 Å². The number of nitrogens with zero attached hydrogens (tertiary/aromatic N) is 2. The topological polar surface area (TPSA) is 93.1 Å². The van der Waals surface area contributed by atoms with Crippen molar-refractivity contribution in [2.24, 2.45) is 0 Å². The lowest BCUT2D eigenvalue weighted by molar-refractivity contribution is -0.116. The summed E-state index contributed by atoms with van der Waals surface area (Å²) in [4.78, 5) is 41.1. The van der Waals surface area contributed by atoms with Gasteiger partial charge in [-0.15, -0.1) is 0 Å². The number of ketones is 1. The molecule has 1 heterocycles. The Hall–Kier alpha value is -4.33. The molecule has 166 valence electrons. The maximum absolute atomic E-state index is 13.1. The number of Topliss-reactive ketones (excluding diaryl/α,β-unsaturated/α-hetero) is 1. The number of nitrogens with one attached hydrogen (secondary N) is 2. The number of fused-ring (bicyclic) bond motifs is 1. The molecule has 0 saturated heterocycles. The number of aromatic nitrogens is 2. The van der Waals surface area contributed by atoms with Crippen LogP contribution < -0.4 is 16.3 Å². The van der Waals surface area contributed by atoms with Crippen LogP contribution in [-0.2, 0) is 17.9 Å². The van der Waals surface area contributed by atoms with E-state index in [2.05, 4.69) is 15.6 Å². The number of amides is 1. The normalized spacial score (nSPS) is 10.7. The Morgan fingerprint density at radius 1 is 1.00 bits per heavy atom. The Labute approximate surface area is 188 Å². The first kappa shape index (κ1) is 21.9. The van der Waals surface area contributed by atoms with E-state index < -0.39 is 11.6 Å². The fourth-order valence-corrected chi connectivity index (χ4v) is 3.46. The van der Waals surface area contributed by atoms with E-state index in [9.17, 15) is 18.8 Å². The van der Waals surface area contributed by atoms with E-state index in [1.54, 1.807) is 54.6 Å². The van der Waals surface area contributed by atoms with Gasteiger partial charge in [-0.05, 0) is 48.9 Å². The number of benzene rings is 3. The Balaban J connectivity index is 1.57. The van der Waals surface area contributed by atoms with Crippen molar-refractivity contribution >= 4 is 34.1 Å². The van der Waals surface area contributed by atoms with Crippen LogP contribution >= 0.6 is 0 Å². The molecule has 1 amide bonds. The molecule has 2 N–H and O–H groups in total. The van der Waals surface area contributed by atoms with Crippen LogP contribution in [0, 0.1) is 5.82 Å².